The first-order chi connectivity index (χ1) is 4.66. The Kier molecular flexibility index (Phi) is 4.47. The molecule has 1 heterocycles. The number of alkyl halides is 2. The van der Waals surface area contributed by atoms with E-state index in [0.717, 1.165) is 15.8 Å². The van der Waals surface area contributed by atoms with E-state index < -0.39 is 0 Å². The van der Waals surface area contributed by atoms with Gasteiger partial charge >= 0.3 is 98.4 Å². The molecular formula is C7H12I2Te. The van der Waals surface area contributed by atoms with Crippen LogP contribution in [0.15, 0.2) is 0 Å². The van der Waals surface area contributed by atoms with Crippen molar-refractivity contribution in [3.05, 3.63) is 0 Å². The van der Waals surface area contributed by atoms with E-state index in [0.29, 0.717) is 20.9 Å². The van der Waals surface area contributed by atoms with Crippen molar-refractivity contribution in [2.45, 2.75) is 29.6 Å². The Morgan fingerprint density at radius 1 is 1.40 bits per heavy atom. The number of hydrogen-bond acceptors (Lipinski definition) is 0. The Labute approximate surface area is 96.9 Å². The molecule has 3 heteroatoms. The van der Waals surface area contributed by atoms with Gasteiger partial charge in [-0.3, -0.25) is 0 Å². The first-order valence-electron chi connectivity index (χ1n) is 3.33. The Bertz CT molecular complexity index is 138. The van der Waals surface area contributed by atoms with E-state index in [-0.39, 0.29) is 20.7 Å². The van der Waals surface area contributed by atoms with Crippen LogP contribution in [0.5, 0.6) is 0 Å². The molecule has 0 N–H and O–H groups in total. The summed E-state index contributed by atoms with van der Waals surface area (Å²) >= 11 is 3.27. The monoisotopic (exact) mass is 480 g/mol. The second kappa shape index (κ2) is 4.38. The molecule has 1 rings (SSSR count). The van der Waals surface area contributed by atoms with Crippen molar-refractivity contribution in [1.29, 1.82) is 0 Å². The summed E-state index contributed by atoms with van der Waals surface area (Å²) in [5.41, 5.74) is 0. The fraction of sp³-hybridized carbons (Fsp3) is 0.857. The Balaban J connectivity index is 2.63. The molecule has 0 saturated carbocycles. The zero-order chi connectivity index (χ0) is 7.72. The average molecular weight is 478 g/mol. The van der Waals surface area contributed by atoms with Crippen molar-refractivity contribution >= 4 is 68.8 Å². The SMILES string of the molecule is C=IC1C(C)[Te]C(C)C1I. The maximum absolute atomic E-state index is 4.13. The van der Waals surface area contributed by atoms with E-state index >= 15 is 0 Å². The fourth-order valence-electron chi connectivity index (χ4n) is 1.22. The number of hydrogen-bond donors (Lipinski definition) is 0. The van der Waals surface area contributed by atoms with Gasteiger partial charge in [-0.05, 0) is 0 Å². The number of halogens is 2. The second-order valence-corrected chi connectivity index (χ2v) is 11.4. The zero-order valence-electron chi connectivity index (χ0n) is 6.18. The van der Waals surface area contributed by atoms with Gasteiger partial charge in [-0.1, -0.05) is 0 Å². The molecule has 1 saturated heterocycles. The fourth-order valence-corrected chi connectivity index (χ4v) is 14.1. The molecule has 10 heavy (non-hydrogen) atoms. The van der Waals surface area contributed by atoms with Crippen LogP contribution >= 0.6 is 43.3 Å². The molecule has 4 atom stereocenters. The molecule has 4 unspecified atom stereocenters. The molecule has 1 aliphatic heterocycles. The van der Waals surface area contributed by atoms with Crippen LogP contribution in [-0.4, -0.2) is 33.3 Å². The third-order valence-electron chi connectivity index (χ3n) is 1.81. The summed E-state index contributed by atoms with van der Waals surface area (Å²) in [4.78, 5) is 0. The van der Waals surface area contributed by atoms with Gasteiger partial charge in [0.1, 0.15) is 0 Å². The topological polar surface area (TPSA) is 0 Å². The molecule has 0 amide bonds. The predicted molar refractivity (Wildman–Crippen MR) is 67.3 cm³/mol. The minimum atomic E-state index is 0.271. The maximum atomic E-state index is 4.13. The minimum absolute atomic E-state index is 0.271. The van der Waals surface area contributed by atoms with Gasteiger partial charge in [0.25, 0.3) is 0 Å². The van der Waals surface area contributed by atoms with Crippen LogP contribution in [0.1, 0.15) is 13.8 Å². The first-order valence-corrected chi connectivity index (χ1v) is 10.0. The van der Waals surface area contributed by atoms with E-state index in [2.05, 4.69) is 41.0 Å². The van der Waals surface area contributed by atoms with Crippen LogP contribution in [0.2, 0.25) is 7.93 Å². The van der Waals surface area contributed by atoms with Gasteiger partial charge in [0.2, 0.25) is 0 Å². The zero-order valence-corrected chi connectivity index (χ0v) is 12.8. The van der Waals surface area contributed by atoms with Crippen LogP contribution in [0.25, 0.3) is 0 Å². The van der Waals surface area contributed by atoms with Gasteiger partial charge in [0.05, 0.1) is 0 Å². The quantitative estimate of drug-likeness (QED) is 0.310. The van der Waals surface area contributed by atoms with Crippen LogP contribution in [0, 0.1) is 0 Å². The molecule has 0 radical (unpaired) electrons. The van der Waals surface area contributed by atoms with Crippen molar-refractivity contribution in [3.8, 4) is 0 Å². The van der Waals surface area contributed by atoms with Gasteiger partial charge in [0, 0.05) is 0 Å². The molecule has 0 aromatic carbocycles. The molecule has 1 aliphatic rings. The summed E-state index contributed by atoms with van der Waals surface area (Å²) in [7, 11) is 0. The van der Waals surface area contributed by atoms with E-state index in [4.69, 9.17) is 0 Å². The Hall–Kier alpha value is 2.12. The van der Waals surface area contributed by atoms with Crippen molar-refractivity contribution < 1.29 is 0 Å². The van der Waals surface area contributed by atoms with Crippen molar-refractivity contribution in [3.63, 3.8) is 0 Å². The van der Waals surface area contributed by atoms with E-state index in [1.165, 1.54) is 0 Å². The van der Waals surface area contributed by atoms with Gasteiger partial charge in [-0.15, -0.1) is 0 Å². The summed E-state index contributed by atoms with van der Waals surface area (Å²) in [6, 6.07) is 0. The van der Waals surface area contributed by atoms with E-state index in [1.54, 1.807) is 0 Å². The van der Waals surface area contributed by atoms with Gasteiger partial charge < -0.3 is 0 Å². The predicted octanol–water partition coefficient (Wildman–Crippen LogP) is 2.90. The van der Waals surface area contributed by atoms with Crippen molar-refractivity contribution in [2.24, 2.45) is 0 Å². The average Bonchev–Trinajstić information content (AvgIpc) is 2.09. The van der Waals surface area contributed by atoms with E-state index in [9.17, 15) is 0 Å². The summed E-state index contributed by atoms with van der Waals surface area (Å²) in [5, 5.41) is 0. The van der Waals surface area contributed by atoms with Gasteiger partial charge in [0.15, 0.2) is 0 Å². The van der Waals surface area contributed by atoms with E-state index in [1.807, 2.05) is 0 Å². The molecule has 0 aliphatic carbocycles. The molecular weight excluding hydrogens is 465 g/mol. The van der Waals surface area contributed by atoms with Crippen LogP contribution < -0.4 is 0 Å². The van der Waals surface area contributed by atoms with Gasteiger partial charge in [-0.25, -0.2) is 0 Å². The first kappa shape index (κ1) is 10.2. The molecule has 0 bridgehead atoms. The Morgan fingerprint density at radius 2 is 2.00 bits per heavy atom. The summed E-state index contributed by atoms with van der Waals surface area (Å²) in [5.74, 6) is 0. The molecule has 0 nitrogen and oxygen atoms in total. The second-order valence-electron chi connectivity index (χ2n) is 2.59. The van der Waals surface area contributed by atoms with Crippen LogP contribution in [-0.2, 0) is 0 Å². The van der Waals surface area contributed by atoms with Gasteiger partial charge in [-0.2, -0.15) is 0 Å². The molecule has 0 aromatic heterocycles. The summed E-state index contributed by atoms with van der Waals surface area (Å²) < 4.78 is 8.33. The molecule has 60 valence electrons. The number of rotatable bonds is 1. The van der Waals surface area contributed by atoms with Crippen molar-refractivity contribution in [2.75, 3.05) is 0 Å². The van der Waals surface area contributed by atoms with Crippen LogP contribution in [0.3, 0.4) is 0 Å². The van der Waals surface area contributed by atoms with Crippen molar-refractivity contribution in [1.82, 2.24) is 0 Å². The summed E-state index contributed by atoms with van der Waals surface area (Å²) in [6.07, 6.45) is 0. The third kappa shape index (κ3) is 2.08. The summed E-state index contributed by atoms with van der Waals surface area (Å²) in [6.45, 7) is 4.89. The third-order valence-corrected chi connectivity index (χ3v) is 15.1. The Morgan fingerprint density at radius 3 is 2.20 bits per heavy atom. The molecule has 0 aromatic rings. The normalized spacial score (nSPS) is 47.9. The standard InChI is InChI=1S/C7H12I2Te/c1-4-6(8)7(9-3)5(2)10-4/h4-7H,3H2,1-2H3. The molecule has 1 fully saturated rings. The molecule has 0 spiro atoms. The van der Waals surface area contributed by atoms with Crippen LogP contribution in [0.4, 0.5) is 0 Å².